The second kappa shape index (κ2) is 2.75. The molecule has 3 heteroatoms. The van der Waals surface area contributed by atoms with Crippen LogP contribution in [0.1, 0.15) is 5.56 Å². The highest BCUT2D eigenvalue weighted by atomic mass is 32.1. The number of phenols is 1. The van der Waals surface area contributed by atoms with Crippen molar-refractivity contribution in [3.8, 4) is 5.75 Å². The van der Waals surface area contributed by atoms with Gasteiger partial charge in [-0.15, -0.1) is 0 Å². The van der Waals surface area contributed by atoms with Gasteiger partial charge in [-0.25, -0.2) is 0 Å². The Morgan fingerprint density at radius 2 is 2.25 bits per heavy atom. The van der Waals surface area contributed by atoms with Crippen LogP contribution in [0.15, 0.2) is 24.4 Å². The Bertz CT molecular complexity index is 408. The van der Waals surface area contributed by atoms with Crippen molar-refractivity contribution in [2.75, 3.05) is 0 Å². The lowest BCUT2D eigenvalue weighted by Gasteiger charge is -1.94. The van der Waals surface area contributed by atoms with E-state index in [0.29, 0.717) is 11.5 Å². The third kappa shape index (κ3) is 0.975. The molecule has 0 aliphatic rings. The zero-order valence-electron chi connectivity index (χ0n) is 6.41. The molecule has 0 aliphatic heterocycles. The fraction of sp³-hybridized carbons (Fsp3) is 0.111. The van der Waals surface area contributed by atoms with E-state index in [0.717, 1.165) is 16.5 Å². The first-order valence-electron chi connectivity index (χ1n) is 3.71. The molecule has 2 nitrogen and oxygen atoms in total. The van der Waals surface area contributed by atoms with Gasteiger partial charge in [0, 0.05) is 17.3 Å². The molecule has 62 valence electrons. The summed E-state index contributed by atoms with van der Waals surface area (Å²) in [6.07, 6.45) is 1.87. The maximum atomic E-state index is 9.42. The lowest BCUT2D eigenvalue weighted by Crippen LogP contribution is -1.72. The van der Waals surface area contributed by atoms with Gasteiger partial charge in [-0.05, 0) is 11.6 Å². The molecule has 2 rings (SSSR count). The quantitative estimate of drug-likeness (QED) is 0.577. The first kappa shape index (κ1) is 7.55. The van der Waals surface area contributed by atoms with E-state index in [2.05, 4.69) is 17.6 Å². The molecular weight excluding hydrogens is 170 g/mol. The van der Waals surface area contributed by atoms with Gasteiger partial charge in [0.1, 0.15) is 5.75 Å². The van der Waals surface area contributed by atoms with Crippen LogP contribution in [0.5, 0.6) is 5.75 Å². The highest BCUT2D eigenvalue weighted by Crippen LogP contribution is 2.26. The molecule has 0 saturated heterocycles. The maximum Gasteiger partial charge on any atom is 0.139 e. The molecule has 0 fully saturated rings. The number of nitrogens with one attached hydrogen (secondary N) is 1. The molecule has 0 saturated carbocycles. The average Bonchev–Trinajstić information content (AvgIpc) is 2.49. The Balaban J connectivity index is 2.80. The number of aromatic hydroxyl groups is 1. The van der Waals surface area contributed by atoms with Crippen molar-refractivity contribution < 1.29 is 5.11 Å². The third-order valence-electron chi connectivity index (χ3n) is 1.95. The van der Waals surface area contributed by atoms with Crippen molar-refractivity contribution in [2.45, 2.75) is 5.75 Å². The van der Waals surface area contributed by atoms with Crippen molar-refractivity contribution in [3.63, 3.8) is 0 Å². The van der Waals surface area contributed by atoms with Crippen LogP contribution in [0.25, 0.3) is 10.9 Å². The molecule has 0 atom stereocenters. The number of phenolic OH excluding ortho intramolecular Hbond substituents is 1. The Labute approximate surface area is 75.6 Å². The van der Waals surface area contributed by atoms with Crippen LogP contribution < -0.4 is 0 Å². The van der Waals surface area contributed by atoms with Crippen LogP contribution in [0.4, 0.5) is 0 Å². The number of aromatic amines is 1. The van der Waals surface area contributed by atoms with Gasteiger partial charge in [-0.1, -0.05) is 12.1 Å². The second-order valence-corrected chi connectivity index (χ2v) is 2.99. The fourth-order valence-corrected chi connectivity index (χ4v) is 1.59. The van der Waals surface area contributed by atoms with E-state index < -0.39 is 0 Å². The van der Waals surface area contributed by atoms with Crippen LogP contribution in [0.3, 0.4) is 0 Å². The number of H-pyrrole nitrogens is 1. The molecule has 0 unspecified atom stereocenters. The number of benzene rings is 1. The van der Waals surface area contributed by atoms with Gasteiger partial charge in [0.15, 0.2) is 0 Å². The smallest absolute Gasteiger partial charge is 0.139 e. The van der Waals surface area contributed by atoms with E-state index in [9.17, 15) is 5.11 Å². The SMILES string of the molecule is Oc1cccc2c(CS)c[nH]c12. The summed E-state index contributed by atoms with van der Waals surface area (Å²) in [4.78, 5) is 3.01. The molecule has 1 heterocycles. The van der Waals surface area contributed by atoms with Gasteiger partial charge >= 0.3 is 0 Å². The van der Waals surface area contributed by atoms with E-state index in [1.54, 1.807) is 6.07 Å². The zero-order chi connectivity index (χ0) is 8.55. The lowest BCUT2D eigenvalue weighted by molar-refractivity contribution is 0.480. The lowest BCUT2D eigenvalue weighted by atomic mass is 10.2. The molecule has 2 N–H and O–H groups in total. The van der Waals surface area contributed by atoms with Gasteiger partial charge in [-0.2, -0.15) is 12.6 Å². The zero-order valence-corrected chi connectivity index (χ0v) is 7.31. The molecule has 0 radical (unpaired) electrons. The number of hydrogen-bond donors (Lipinski definition) is 3. The van der Waals surface area contributed by atoms with E-state index in [1.807, 2.05) is 18.3 Å². The minimum atomic E-state index is 0.292. The predicted octanol–water partition coefficient (Wildman–Crippen LogP) is 2.30. The van der Waals surface area contributed by atoms with E-state index >= 15 is 0 Å². The van der Waals surface area contributed by atoms with Crippen molar-refractivity contribution in [1.29, 1.82) is 0 Å². The Morgan fingerprint density at radius 1 is 1.42 bits per heavy atom. The largest absolute Gasteiger partial charge is 0.506 e. The summed E-state index contributed by atoms with van der Waals surface area (Å²) >= 11 is 4.18. The summed E-state index contributed by atoms with van der Waals surface area (Å²) in [5.41, 5.74) is 1.91. The first-order chi connectivity index (χ1) is 5.83. The summed E-state index contributed by atoms with van der Waals surface area (Å²) in [6.45, 7) is 0. The monoisotopic (exact) mass is 179 g/mol. The summed E-state index contributed by atoms with van der Waals surface area (Å²) in [5.74, 6) is 0.976. The molecule has 2 aromatic rings. The summed E-state index contributed by atoms with van der Waals surface area (Å²) in [6, 6.07) is 5.47. The minimum absolute atomic E-state index is 0.292. The van der Waals surface area contributed by atoms with Crippen LogP contribution in [0.2, 0.25) is 0 Å². The molecule has 0 amide bonds. The normalized spacial score (nSPS) is 10.8. The van der Waals surface area contributed by atoms with Gasteiger partial charge in [0.2, 0.25) is 0 Å². The maximum absolute atomic E-state index is 9.42. The second-order valence-electron chi connectivity index (χ2n) is 2.67. The molecule has 1 aromatic heterocycles. The van der Waals surface area contributed by atoms with E-state index in [-0.39, 0.29) is 0 Å². The fourth-order valence-electron chi connectivity index (χ4n) is 1.33. The number of thiol groups is 1. The van der Waals surface area contributed by atoms with Gasteiger partial charge in [-0.3, -0.25) is 0 Å². The van der Waals surface area contributed by atoms with Gasteiger partial charge < -0.3 is 10.1 Å². The Hall–Kier alpha value is -1.09. The minimum Gasteiger partial charge on any atom is -0.506 e. The Morgan fingerprint density at radius 3 is 3.00 bits per heavy atom. The van der Waals surface area contributed by atoms with Crippen molar-refractivity contribution in [1.82, 2.24) is 4.98 Å². The topological polar surface area (TPSA) is 36.0 Å². The van der Waals surface area contributed by atoms with Crippen LogP contribution >= 0.6 is 12.6 Å². The molecule has 1 aromatic carbocycles. The molecule has 0 bridgehead atoms. The van der Waals surface area contributed by atoms with Gasteiger partial charge in [0.05, 0.1) is 5.52 Å². The van der Waals surface area contributed by atoms with E-state index in [4.69, 9.17) is 0 Å². The summed E-state index contributed by atoms with van der Waals surface area (Å²) in [5, 5.41) is 10.5. The Kier molecular flexibility index (Phi) is 1.73. The average molecular weight is 179 g/mol. The molecule has 0 spiro atoms. The molecular formula is C9H9NOS. The third-order valence-corrected chi connectivity index (χ3v) is 2.29. The van der Waals surface area contributed by atoms with Crippen molar-refractivity contribution in [2.24, 2.45) is 0 Å². The van der Waals surface area contributed by atoms with Crippen molar-refractivity contribution in [3.05, 3.63) is 30.0 Å². The number of hydrogen-bond acceptors (Lipinski definition) is 2. The number of para-hydroxylation sites is 1. The van der Waals surface area contributed by atoms with Gasteiger partial charge in [0.25, 0.3) is 0 Å². The van der Waals surface area contributed by atoms with Crippen LogP contribution in [-0.2, 0) is 5.75 Å². The standard InChI is InChI=1S/C9H9NOS/c11-8-3-1-2-7-6(5-12)4-10-9(7)8/h1-4,10-12H,5H2. The molecule has 12 heavy (non-hydrogen) atoms. The van der Waals surface area contributed by atoms with Crippen molar-refractivity contribution >= 4 is 23.5 Å². The van der Waals surface area contributed by atoms with E-state index in [1.165, 1.54) is 0 Å². The number of fused-ring (bicyclic) bond motifs is 1. The first-order valence-corrected chi connectivity index (χ1v) is 4.35. The highest BCUT2D eigenvalue weighted by molar-refractivity contribution is 7.79. The van der Waals surface area contributed by atoms with Crippen LogP contribution in [-0.4, -0.2) is 10.1 Å². The highest BCUT2D eigenvalue weighted by Gasteiger charge is 2.03. The molecule has 0 aliphatic carbocycles. The van der Waals surface area contributed by atoms with Crippen LogP contribution in [0, 0.1) is 0 Å². The summed E-state index contributed by atoms with van der Waals surface area (Å²) < 4.78 is 0. The summed E-state index contributed by atoms with van der Waals surface area (Å²) in [7, 11) is 0. The number of rotatable bonds is 1. The predicted molar refractivity (Wildman–Crippen MR) is 52.7 cm³/mol. The number of aromatic nitrogens is 1.